The second-order valence-electron chi connectivity index (χ2n) is 2.26. The minimum atomic E-state index is -0.807. The molecule has 0 aromatic heterocycles. The lowest BCUT2D eigenvalue weighted by atomic mass is 10.2. The van der Waals surface area contributed by atoms with Crippen molar-refractivity contribution in [2.24, 2.45) is 5.73 Å². The Labute approximate surface area is 65.6 Å². The molecule has 4 heteroatoms. The molecule has 0 bridgehead atoms. The molecule has 0 aliphatic heterocycles. The summed E-state index contributed by atoms with van der Waals surface area (Å²) >= 11 is 0. The van der Waals surface area contributed by atoms with Gasteiger partial charge in [0.15, 0.2) is 0 Å². The van der Waals surface area contributed by atoms with Crippen molar-refractivity contribution >= 4 is 5.97 Å². The van der Waals surface area contributed by atoms with Crippen LogP contribution in [0.5, 0.6) is 0 Å². The average molecular weight is 159 g/mol. The van der Waals surface area contributed by atoms with Crippen LogP contribution in [-0.4, -0.2) is 29.8 Å². The Morgan fingerprint density at radius 2 is 2.45 bits per heavy atom. The summed E-state index contributed by atoms with van der Waals surface area (Å²) in [5.41, 5.74) is 5.30. The summed E-state index contributed by atoms with van der Waals surface area (Å²) in [4.78, 5) is 10.4. The molecular formula is C7H13NO3. The fourth-order valence-corrected chi connectivity index (χ4v) is 0.378. The molecule has 4 nitrogen and oxygen atoms in total. The van der Waals surface area contributed by atoms with Gasteiger partial charge in [-0.25, -0.2) is 4.79 Å². The van der Waals surface area contributed by atoms with Crippen LogP contribution in [0.4, 0.5) is 0 Å². The molecule has 0 aliphatic rings. The zero-order valence-corrected chi connectivity index (χ0v) is 6.49. The molecule has 11 heavy (non-hydrogen) atoms. The molecule has 0 heterocycles. The Hall–Kier alpha value is -0.870. The van der Waals surface area contributed by atoms with Crippen LogP contribution in [0.3, 0.4) is 0 Å². The number of esters is 1. The van der Waals surface area contributed by atoms with Crippen molar-refractivity contribution < 1.29 is 14.6 Å². The first-order chi connectivity index (χ1) is 5.07. The van der Waals surface area contributed by atoms with Crippen LogP contribution in [0, 0.1) is 0 Å². The first-order valence-corrected chi connectivity index (χ1v) is 3.30. The molecule has 0 rings (SSSR count). The number of hydrogen-bond donors (Lipinski definition) is 2. The highest BCUT2D eigenvalue weighted by atomic mass is 16.5. The lowest BCUT2D eigenvalue weighted by molar-refractivity contribution is -0.140. The number of hydrogen-bond acceptors (Lipinski definition) is 4. The first-order valence-electron chi connectivity index (χ1n) is 3.30. The highest BCUT2D eigenvalue weighted by Crippen LogP contribution is 1.90. The van der Waals surface area contributed by atoms with E-state index in [-0.39, 0.29) is 6.61 Å². The van der Waals surface area contributed by atoms with Crippen LogP contribution in [0.25, 0.3) is 0 Å². The summed E-state index contributed by atoms with van der Waals surface area (Å²) in [5.74, 6) is -0.551. The molecule has 64 valence electrons. The quantitative estimate of drug-likeness (QED) is 0.425. The maximum absolute atomic E-state index is 10.4. The third-order valence-corrected chi connectivity index (χ3v) is 1.17. The van der Waals surface area contributed by atoms with Gasteiger partial charge in [0.25, 0.3) is 0 Å². The SMILES string of the molecule is C=CC(=O)OCC(O)C(C)N. The third-order valence-electron chi connectivity index (χ3n) is 1.17. The van der Waals surface area contributed by atoms with E-state index in [9.17, 15) is 4.79 Å². The summed E-state index contributed by atoms with van der Waals surface area (Å²) in [7, 11) is 0. The van der Waals surface area contributed by atoms with Gasteiger partial charge in [0.1, 0.15) is 12.7 Å². The molecule has 0 aliphatic carbocycles. The highest BCUT2D eigenvalue weighted by Gasteiger charge is 2.10. The molecular weight excluding hydrogens is 146 g/mol. The van der Waals surface area contributed by atoms with E-state index in [1.54, 1.807) is 6.92 Å². The van der Waals surface area contributed by atoms with E-state index >= 15 is 0 Å². The van der Waals surface area contributed by atoms with Crippen LogP contribution in [0.1, 0.15) is 6.92 Å². The maximum atomic E-state index is 10.4. The van der Waals surface area contributed by atoms with Gasteiger partial charge >= 0.3 is 5.97 Å². The second kappa shape index (κ2) is 4.87. The van der Waals surface area contributed by atoms with Crippen molar-refractivity contribution in [2.45, 2.75) is 19.1 Å². The van der Waals surface area contributed by atoms with Gasteiger partial charge in [0.2, 0.25) is 0 Å². The van der Waals surface area contributed by atoms with E-state index in [1.165, 1.54) is 0 Å². The maximum Gasteiger partial charge on any atom is 0.330 e. The molecule has 0 aromatic carbocycles. The predicted octanol–water partition coefficient (Wildman–Crippen LogP) is -0.576. The fourth-order valence-electron chi connectivity index (χ4n) is 0.378. The van der Waals surface area contributed by atoms with E-state index in [4.69, 9.17) is 10.8 Å². The van der Waals surface area contributed by atoms with Crippen molar-refractivity contribution in [3.05, 3.63) is 12.7 Å². The van der Waals surface area contributed by atoms with Gasteiger partial charge in [-0.1, -0.05) is 6.58 Å². The minimum Gasteiger partial charge on any atom is -0.460 e. The van der Waals surface area contributed by atoms with Crippen molar-refractivity contribution in [3.63, 3.8) is 0 Å². The topological polar surface area (TPSA) is 72.5 Å². The Morgan fingerprint density at radius 3 is 2.82 bits per heavy atom. The molecule has 0 saturated carbocycles. The highest BCUT2D eigenvalue weighted by molar-refractivity contribution is 5.81. The van der Waals surface area contributed by atoms with E-state index in [0.717, 1.165) is 6.08 Å². The normalized spacial score (nSPS) is 15.2. The Balaban J connectivity index is 3.53. The van der Waals surface area contributed by atoms with Gasteiger partial charge in [-0.2, -0.15) is 0 Å². The monoisotopic (exact) mass is 159 g/mol. The summed E-state index contributed by atoms with van der Waals surface area (Å²) in [6, 6.07) is -0.396. The molecule has 0 radical (unpaired) electrons. The Bertz CT molecular complexity index is 145. The average Bonchev–Trinajstić information content (AvgIpc) is 1.99. The van der Waals surface area contributed by atoms with Gasteiger partial charge in [-0.15, -0.1) is 0 Å². The summed E-state index contributed by atoms with van der Waals surface area (Å²) in [6.07, 6.45) is 0.229. The Morgan fingerprint density at radius 1 is 1.91 bits per heavy atom. The molecule has 2 atom stereocenters. The molecule has 0 spiro atoms. The van der Waals surface area contributed by atoms with Crippen molar-refractivity contribution in [3.8, 4) is 0 Å². The summed E-state index contributed by atoms with van der Waals surface area (Å²) in [5, 5.41) is 9.03. The van der Waals surface area contributed by atoms with Crippen LogP contribution in [0.2, 0.25) is 0 Å². The number of nitrogens with two attached hydrogens (primary N) is 1. The van der Waals surface area contributed by atoms with Crippen molar-refractivity contribution in [1.82, 2.24) is 0 Å². The van der Waals surface area contributed by atoms with Gasteiger partial charge in [0.05, 0.1) is 0 Å². The molecule has 0 aromatic rings. The number of carbonyl (C=O) groups excluding carboxylic acids is 1. The van der Waals surface area contributed by atoms with Crippen LogP contribution < -0.4 is 5.73 Å². The molecule has 0 saturated heterocycles. The molecule has 2 unspecified atom stereocenters. The summed E-state index contributed by atoms with van der Waals surface area (Å²) < 4.78 is 4.53. The summed E-state index contributed by atoms with van der Waals surface area (Å²) in [6.45, 7) is 4.75. The van der Waals surface area contributed by atoms with Gasteiger partial charge in [-0.05, 0) is 6.92 Å². The second-order valence-corrected chi connectivity index (χ2v) is 2.26. The van der Waals surface area contributed by atoms with E-state index < -0.39 is 18.1 Å². The number of aliphatic hydroxyl groups is 1. The molecule has 0 amide bonds. The predicted molar refractivity (Wildman–Crippen MR) is 40.8 cm³/mol. The van der Waals surface area contributed by atoms with E-state index in [0.29, 0.717) is 0 Å². The molecule has 0 fully saturated rings. The van der Waals surface area contributed by atoms with E-state index in [1.807, 2.05) is 0 Å². The lowest BCUT2D eigenvalue weighted by Crippen LogP contribution is -2.35. The largest absolute Gasteiger partial charge is 0.460 e. The zero-order chi connectivity index (χ0) is 8.85. The standard InChI is InChI=1S/C7H13NO3/c1-3-7(10)11-4-6(9)5(2)8/h3,5-6,9H,1,4,8H2,2H3. The van der Waals surface area contributed by atoms with Crippen LogP contribution in [-0.2, 0) is 9.53 Å². The number of aliphatic hydroxyl groups excluding tert-OH is 1. The number of rotatable bonds is 4. The van der Waals surface area contributed by atoms with Gasteiger partial charge < -0.3 is 15.6 Å². The number of ether oxygens (including phenoxy) is 1. The fraction of sp³-hybridized carbons (Fsp3) is 0.571. The van der Waals surface area contributed by atoms with Crippen molar-refractivity contribution in [1.29, 1.82) is 0 Å². The van der Waals surface area contributed by atoms with Crippen LogP contribution in [0.15, 0.2) is 12.7 Å². The van der Waals surface area contributed by atoms with E-state index in [2.05, 4.69) is 11.3 Å². The number of carbonyl (C=O) groups is 1. The smallest absolute Gasteiger partial charge is 0.330 e. The molecule has 3 N–H and O–H groups in total. The lowest BCUT2D eigenvalue weighted by Gasteiger charge is -2.13. The third kappa shape index (κ3) is 4.52. The van der Waals surface area contributed by atoms with Crippen molar-refractivity contribution in [2.75, 3.05) is 6.61 Å². The first kappa shape index (κ1) is 10.1. The van der Waals surface area contributed by atoms with Crippen LogP contribution >= 0.6 is 0 Å². The minimum absolute atomic E-state index is 0.0808. The van der Waals surface area contributed by atoms with Gasteiger partial charge in [0, 0.05) is 12.1 Å². The zero-order valence-electron chi connectivity index (χ0n) is 6.49. The van der Waals surface area contributed by atoms with Gasteiger partial charge in [-0.3, -0.25) is 0 Å². The Kier molecular flexibility index (Phi) is 4.49.